The number of benzene rings is 2. The maximum Gasteiger partial charge on any atom is 0.262 e. The fourth-order valence-corrected chi connectivity index (χ4v) is 4.78. The highest BCUT2D eigenvalue weighted by Gasteiger charge is 2.21. The second-order valence-electron chi connectivity index (χ2n) is 7.18. The molecule has 1 aliphatic carbocycles. The molecule has 1 aliphatic rings. The van der Waals surface area contributed by atoms with Crippen LogP contribution in [0.4, 0.5) is 5.69 Å². The van der Waals surface area contributed by atoms with Gasteiger partial charge in [-0.2, -0.15) is 0 Å². The summed E-state index contributed by atoms with van der Waals surface area (Å²) in [7, 11) is -3.55. The minimum absolute atomic E-state index is 0.00307. The first-order valence-electron chi connectivity index (χ1n) is 9.65. The number of sulfonamides is 1. The van der Waals surface area contributed by atoms with Gasteiger partial charge in [0, 0.05) is 16.8 Å². The average molecular weight is 437 g/mol. The van der Waals surface area contributed by atoms with Crippen LogP contribution in [0.5, 0.6) is 5.75 Å². The minimum Gasteiger partial charge on any atom is -0.484 e. The smallest absolute Gasteiger partial charge is 0.262 e. The van der Waals surface area contributed by atoms with Gasteiger partial charge in [0.25, 0.3) is 5.91 Å². The SMILES string of the molecule is Cc1c(Cl)cccc1NC(=O)COc1ccc(S(=O)(=O)NC2CCCCC2)cc1. The lowest BCUT2D eigenvalue weighted by Crippen LogP contribution is -2.36. The monoisotopic (exact) mass is 436 g/mol. The standard InChI is InChI=1S/C21H25ClN2O4S/c1-15-19(22)8-5-9-20(15)23-21(25)14-28-17-10-12-18(13-11-17)29(26,27)24-16-6-3-2-4-7-16/h5,8-13,16,24H,2-4,6-7,14H2,1H3,(H,23,25). The van der Waals surface area contributed by atoms with E-state index >= 15 is 0 Å². The van der Waals surface area contributed by atoms with Crippen LogP contribution in [0.25, 0.3) is 0 Å². The Hall–Kier alpha value is -2.09. The highest BCUT2D eigenvalue weighted by atomic mass is 35.5. The number of ether oxygens (including phenoxy) is 1. The quantitative estimate of drug-likeness (QED) is 0.678. The summed E-state index contributed by atoms with van der Waals surface area (Å²) in [5.74, 6) is 0.0885. The van der Waals surface area contributed by atoms with Crippen molar-refractivity contribution < 1.29 is 17.9 Å². The van der Waals surface area contributed by atoms with E-state index < -0.39 is 10.0 Å². The third kappa shape index (κ3) is 5.95. The van der Waals surface area contributed by atoms with E-state index in [0.29, 0.717) is 16.5 Å². The molecule has 156 valence electrons. The van der Waals surface area contributed by atoms with Gasteiger partial charge in [-0.1, -0.05) is 36.9 Å². The van der Waals surface area contributed by atoms with Crippen LogP contribution in [0.15, 0.2) is 47.4 Å². The number of rotatable bonds is 7. The fraction of sp³-hybridized carbons (Fsp3) is 0.381. The van der Waals surface area contributed by atoms with Crippen LogP contribution in [0.1, 0.15) is 37.7 Å². The molecule has 0 unspecified atom stereocenters. The van der Waals surface area contributed by atoms with Gasteiger partial charge in [0.05, 0.1) is 4.90 Å². The van der Waals surface area contributed by atoms with Crippen molar-refractivity contribution in [2.24, 2.45) is 0 Å². The number of hydrogen-bond acceptors (Lipinski definition) is 4. The molecule has 3 rings (SSSR count). The van der Waals surface area contributed by atoms with Crippen molar-refractivity contribution in [3.8, 4) is 5.75 Å². The Kier molecular flexibility index (Phi) is 7.16. The number of carbonyl (C=O) groups excluding carboxylic acids is 1. The average Bonchev–Trinajstić information content (AvgIpc) is 2.71. The molecule has 1 fully saturated rings. The number of nitrogens with one attached hydrogen (secondary N) is 2. The van der Waals surface area contributed by atoms with Crippen LogP contribution < -0.4 is 14.8 Å². The highest BCUT2D eigenvalue weighted by Crippen LogP contribution is 2.23. The lowest BCUT2D eigenvalue weighted by molar-refractivity contribution is -0.118. The molecule has 8 heteroatoms. The van der Waals surface area contributed by atoms with Crippen LogP contribution in [-0.4, -0.2) is 27.0 Å². The summed E-state index contributed by atoms with van der Waals surface area (Å²) in [6.45, 7) is 1.62. The van der Waals surface area contributed by atoms with Crippen molar-refractivity contribution in [3.05, 3.63) is 53.1 Å². The van der Waals surface area contributed by atoms with Crippen molar-refractivity contribution in [3.63, 3.8) is 0 Å². The number of hydrogen-bond donors (Lipinski definition) is 2. The Morgan fingerprint density at radius 3 is 2.48 bits per heavy atom. The Labute approximate surface area is 176 Å². The number of anilines is 1. The molecule has 6 nitrogen and oxygen atoms in total. The summed E-state index contributed by atoms with van der Waals surface area (Å²) in [6.07, 6.45) is 5.02. The van der Waals surface area contributed by atoms with Gasteiger partial charge < -0.3 is 10.1 Å². The molecule has 2 aromatic carbocycles. The summed E-state index contributed by atoms with van der Waals surface area (Å²) in [6, 6.07) is 11.3. The number of halogens is 1. The third-order valence-corrected chi connectivity index (χ3v) is 6.92. The van der Waals surface area contributed by atoms with Gasteiger partial charge in [0.2, 0.25) is 10.0 Å². The first-order chi connectivity index (χ1) is 13.8. The third-order valence-electron chi connectivity index (χ3n) is 4.97. The molecule has 0 saturated heterocycles. The van der Waals surface area contributed by atoms with E-state index in [9.17, 15) is 13.2 Å². The van der Waals surface area contributed by atoms with E-state index in [1.165, 1.54) is 12.1 Å². The van der Waals surface area contributed by atoms with E-state index in [-0.39, 0.29) is 23.5 Å². The van der Waals surface area contributed by atoms with Crippen LogP contribution in [0.3, 0.4) is 0 Å². The van der Waals surface area contributed by atoms with E-state index in [1.807, 2.05) is 6.92 Å². The summed E-state index contributed by atoms with van der Waals surface area (Å²) < 4.78 is 33.3. The van der Waals surface area contributed by atoms with Gasteiger partial charge in [-0.15, -0.1) is 0 Å². The maximum atomic E-state index is 12.5. The van der Waals surface area contributed by atoms with Crippen LogP contribution in [-0.2, 0) is 14.8 Å². The van der Waals surface area contributed by atoms with Crippen molar-refractivity contribution in [2.75, 3.05) is 11.9 Å². The van der Waals surface area contributed by atoms with Crippen molar-refractivity contribution in [1.82, 2.24) is 4.72 Å². The molecule has 1 saturated carbocycles. The van der Waals surface area contributed by atoms with E-state index in [2.05, 4.69) is 10.0 Å². The zero-order chi connectivity index (χ0) is 20.9. The largest absolute Gasteiger partial charge is 0.484 e. The van der Waals surface area contributed by atoms with E-state index in [4.69, 9.17) is 16.3 Å². The zero-order valence-electron chi connectivity index (χ0n) is 16.3. The zero-order valence-corrected chi connectivity index (χ0v) is 17.9. The fourth-order valence-electron chi connectivity index (χ4n) is 3.30. The molecule has 0 atom stereocenters. The van der Waals surface area contributed by atoms with Gasteiger partial charge in [0.1, 0.15) is 5.75 Å². The first-order valence-corrected chi connectivity index (χ1v) is 11.5. The predicted molar refractivity (Wildman–Crippen MR) is 114 cm³/mol. The predicted octanol–water partition coefficient (Wildman–Crippen LogP) is 4.28. The van der Waals surface area contributed by atoms with Gasteiger partial charge in [-0.05, 0) is 61.7 Å². The molecule has 0 heterocycles. The Balaban J connectivity index is 1.54. The van der Waals surface area contributed by atoms with Gasteiger partial charge in [-0.3, -0.25) is 4.79 Å². The lowest BCUT2D eigenvalue weighted by atomic mass is 9.96. The summed E-state index contributed by atoms with van der Waals surface area (Å²) in [5, 5.41) is 3.32. The molecule has 0 aliphatic heterocycles. The van der Waals surface area contributed by atoms with Crippen molar-refractivity contribution in [1.29, 1.82) is 0 Å². The van der Waals surface area contributed by atoms with Crippen LogP contribution >= 0.6 is 11.6 Å². The lowest BCUT2D eigenvalue weighted by Gasteiger charge is -2.22. The molecule has 1 amide bonds. The Morgan fingerprint density at radius 2 is 1.79 bits per heavy atom. The molecule has 0 bridgehead atoms. The van der Waals surface area contributed by atoms with Gasteiger partial charge in [0.15, 0.2) is 6.61 Å². The van der Waals surface area contributed by atoms with Crippen molar-refractivity contribution >= 4 is 33.2 Å². The highest BCUT2D eigenvalue weighted by molar-refractivity contribution is 7.89. The van der Waals surface area contributed by atoms with Gasteiger partial charge in [-0.25, -0.2) is 13.1 Å². The van der Waals surface area contributed by atoms with Crippen LogP contribution in [0, 0.1) is 6.92 Å². The second kappa shape index (κ2) is 9.61. The summed E-state index contributed by atoms with van der Waals surface area (Å²) >= 11 is 6.05. The van der Waals surface area contributed by atoms with Crippen LogP contribution in [0.2, 0.25) is 5.02 Å². The second-order valence-corrected chi connectivity index (χ2v) is 9.30. The molecule has 0 aromatic heterocycles. The Bertz CT molecular complexity index is 955. The van der Waals surface area contributed by atoms with Gasteiger partial charge >= 0.3 is 0 Å². The number of amides is 1. The van der Waals surface area contributed by atoms with E-state index in [0.717, 1.165) is 37.7 Å². The summed E-state index contributed by atoms with van der Waals surface area (Å²) in [5.41, 5.74) is 1.41. The number of carbonyl (C=O) groups is 1. The normalized spacial score (nSPS) is 15.1. The minimum atomic E-state index is -3.55. The molecule has 2 aromatic rings. The molecule has 2 N–H and O–H groups in total. The topological polar surface area (TPSA) is 84.5 Å². The maximum absolute atomic E-state index is 12.5. The first kappa shape index (κ1) is 21.6. The van der Waals surface area contributed by atoms with E-state index in [1.54, 1.807) is 30.3 Å². The van der Waals surface area contributed by atoms with Crippen molar-refractivity contribution in [2.45, 2.75) is 50.0 Å². The summed E-state index contributed by atoms with van der Waals surface area (Å²) in [4.78, 5) is 12.3. The molecule has 0 spiro atoms. The molecular formula is C21H25ClN2O4S. The molecule has 29 heavy (non-hydrogen) atoms. The molecular weight excluding hydrogens is 412 g/mol. The molecule has 0 radical (unpaired) electrons. The Morgan fingerprint density at radius 1 is 1.10 bits per heavy atom.